The highest BCUT2D eigenvalue weighted by molar-refractivity contribution is 7.10. The van der Waals surface area contributed by atoms with Crippen LogP contribution in [0.15, 0.2) is 77.2 Å². The molecule has 0 unspecified atom stereocenters. The second-order valence-electron chi connectivity index (χ2n) is 8.86. The average Bonchev–Trinajstić information content (AvgIpc) is 3.40. The monoisotopic (exact) mass is 576 g/mol. The fraction of sp³-hybridized carbons (Fsp3) is 0.321. The van der Waals surface area contributed by atoms with Crippen LogP contribution in [0.3, 0.4) is 0 Å². The van der Waals surface area contributed by atoms with Gasteiger partial charge >= 0.3 is 0 Å². The molecule has 0 bridgehead atoms. The highest BCUT2D eigenvalue weighted by Gasteiger charge is 2.13. The maximum Gasteiger partial charge on any atom is 0.250 e. The van der Waals surface area contributed by atoms with Crippen molar-refractivity contribution in [1.29, 1.82) is 0 Å². The van der Waals surface area contributed by atoms with E-state index in [4.69, 9.17) is 4.74 Å². The summed E-state index contributed by atoms with van der Waals surface area (Å²) in [4.78, 5) is 33.8. The minimum atomic E-state index is -0.0238. The van der Waals surface area contributed by atoms with Crippen LogP contribution in [0, 0.1) is 0 Å². The molecule has 0 aliphatic rings. The SMILES string of the molecule is CN(CCN(CCCOc1ccc2c(ccc(=O)n2C)c1)Cc1ccncc1)C(=O)Cc1cccs1.Cl.Cl. The van der Waals surface area contributed by atoms with Gasteiger partial charge in [0.2, 0.25) is 5.91 Å². The Morgan fingerprint density at radius 3 is 2.55 bits per heavy atom. The third-order valence-corrected chi connectivity index (χ3v) is 7.10. The normalized spacial score (nSPS) is 10.6. The van der Waals surface area contributed by atoms with Gasteiger partial charge in [-0.3, -0.25) is 19.5 Å². The summed E-state index contributed by atoms with van der Waals surface area (Å²) in [5.74, 6) is 0.930. The molecule has 1 amide bonds. The number of carbonyl (C=O) groups excluding carboxylic acids is 1. The van der Waals surface area contributed by atoms with E-state index >= 15 is 0 Å². The number of nitrogens with zero attached hydrogens (tertiary/aromatic N) is 4. The van der Waals surface area contributed by atoms with Crippen LogP contribution in [0.2, 0.25) is 0 Å². The molecule has 0 N–H and O–H groups in total. The number of likely N-dealkylation sites (N-methyl/N-ethyl adjacent to an activating group) is 1. The van der Waals surface area contributed by atoms with E-state index in [-0.39, 0.29) is 36.3 Å². The van der Waals surface area contributed by atoms with Crippen LogP contribution in [0.1, 0.15) is 16.9 Å². The zero-order valence-electron chi connectivity index (χ0n) is 21.6. The minimum absolute atomic E-state index is 0. The molecule has 0 aliphatic carbocycles. The van der Waals surface area contributed by atoms with E-state index < -0.39 is 0 Å². The first kappa shape index (κ1) is 31.3. The average molecular weight is 578 g/mol. The number of rotatable bonds is 12. The Morgan fingerprint density at radius 1 is 1.03 bits per heavy atom. The fourth-order valence-electron chi connectivity index (χ4n) is 4.06. The standard InChI is InChI=1S/C28H32N4O3S.2ClH/c1-30(28(34)20-25-5-3-18-36-25)15-16-32(21-22-10-12-29-13-11-22)14-4-17-35-24-7-8-26-23(19-24)6-9-27(33)31(26)2;;/h3,5-13,18-19H,4,14-17,20-21H2,1-2H3;2*1H. The fourth-order valence-corrected chi connectivity index (χ4v) is 4.76. The smallest absolute Gasteiger partial charge is 0.250 e. The van der Waals surface area contributed by atoms with Crippen molar-refractivity contribution in [3.8, 4) is 5.75 Å². The Balaban J connectivity index is 0.00000253. The number of amides is 1. The lowest BCUT2D eigenvalue weighted by atomic mass is 10.2. The molecule has 1 aromatic carbocycles. The molecule has 0 saturated heterocycles. The van der Waals surface area contributed by atoms with Gasteiger partial charge in [0, 0.05) is 69.0 Å². The summed E-state index contributed by atoms with van der Waals surface area (Å²) in [5, 5.41) is 2.98. The summed E-state index contributed by atoms with van der Waals surface area (Å²) >= 11 is 1.62. The molecule has 38 heavy (non-hydrogen) atoms. The van der Waals surface area contributed by atoms with E-state index in [1.165, 1.54) is 5.56 Å². The summed E-state index contributed by atoms with van der Waals surface area (Å²) in [6, 6.07) is 17.2. The highest BCUT2D eigenvalue weighted by atomic mass is 35.5. The number of aromatic nitrogens is 2. The summed E-state index contributed by atoms with van der Waals surface area (Å²) in [6.45, 7) is 3.66. The molecule has 7 nitrogen and oxygen atoms in total. The van der Waals surface area contributed by atoms with Gasteiger partial charge in [-0.1, -0.05) is 6.07 Å². The van der Waals surface area contributed by atoms with E-state index in [0.717, 1.165) is 47.6 Å². The van der Waals surface area contributed by atoms with Gasteiger partial charge in [0.15, 0.2) is 0 Å². The number of fused-ring (bicyclic) bond motifs is 1. The van der Waals surface area contributed by atoms with E-state index in [1.54, 1.807) is 29.0 Å². The van der Waals surface area contributed by atoms with Gasteiger partial charge in [-0.25, -0.2) is 0 Å². The van der Waals surface area contributed by atoms with E-state index in [0.29, 0.717) is 19.6 Å². The maximum absolute atomic E-state index is 12.6. The number of ether oxygens (including phenoxy) is 1. The van der Waals surface area contributed by atoms with Crippen molar-refractivity contribution in [2.75, 3.05) is 33.3 Å². The van der Waals surface area contributed by atoms with Gasteiger partial charge in [0.1, 0.15) is 5.75 Å². The van der Waals surface area contributed by atoms with Gasteiger partial charge in [0.25, 0.3) is 5.56 Å². The largest absolute Gasteiger partial charge is 0.494 e. The van der Waals surface area contributed by atoms with Crippen molar-refractivity contribution in [3.63, 3.8) is 0 Å². The van der Waals surface area contributed by atoms with Crippen molar-refractivity contribution < 1.29 is 9.53 Å². The number of halogens is 2. The summed E-state index contributed by atoms with van der Waals surface area (Å²) in [5.41, 5.74) is 2.05. The maximum atomic E-state index is 12.6. The Hall–Kier alpha value is -2.91. The van der Waals surface area contributed by atoms with Crippen LogP contribution < -0.4 is 10.3 Å². The second kappa shape index (κ2) is 15.5. The van der Waals surface area contributed by atoms with Crippen molar-refractivity contribution in [1.82, 2.24) is 19.4 Å². The predicted molar refractivity (Wildman–Crippen MR) is 159 cm³/mol. The van der Waals surface area contributed by atoms with Crippen LogP contribution in [-0.2, 0) is 24.8 Å². The number of thiophene rings is 1. The van der Waals surface area contributed by atoms with Crippen molar-refractivity contribution >= 4 is 53.0 Å². The number of pyridine rings is 2. The van der Waals surface area contributed by atoms with Gasteiger partial charge in [0.05, 0.1) is 18.5 Å². The molecule has 0 aliphatic heterocycles. The lowest BCUT2D eigenvalue weighted by molar-refractivity contribution is -0.129. The van der Waals surface area contributed by atoms with Crippen LogP contribution in [-0.4, -0.2) is 58.5 Å². The molecule has 3 aromatic heterocycles. The Kier molecular flexibility index (Phi) is 12.8. The van der Waals surface area contributed by atoms with Gasteiger partial charge in [-0.2, -0.15) is 0 Å². The summed E-state index contributed by atoms with van der Waals surface area (Å²) in [7, 11) is 3.65. The van der Waals surface area contributed by atoms with Gasteiger partial charge < -0.3 is 14.2 Å². The Bertz CT molecular complexity index is 1330. The first-order valence-corrected chi connectivity index (χ1v) is 13.0. The van der Waals surface area contributed by atoms with E-state index in [9.17, 15) is 9.59 Å². The third-order valence-electron chi connectivity index (χ3n) is 6.22. The molecule has 3 heterocycles. The first-order valence-electron chi connectivity index (χ1n) is 12.1. The van der Waals surface area contributed by atoms with Crippen LogP contribution in [0.25, 0.3) is 10.9 Å². The Labute approximate surface area is 239 Å². The third kappa shape index (κ3) is 8.84. The van der Waals surface area contributed by atoms with Crippen molar-refractivity contribution in [3.05, 3.63) is 93.2 Å². The zero-order valence-corrected chi connectivity index (χ0v) is 24.1. The minimum Gasteiger partial charge on any atom is -0.494 e. The highest BCUT2D eigenvalue weighted by Crippen LogP contribution is 2.19. The number of hydrogen-bond donors (Lipinski definition) is 0. The molecular weight excluding hydrogens is 543 g/mol. The van der Waals surface area contributed by atoms with Crippen LogP contribution >= 0.6 is 36.2 Å². The quantitative estimate of drug-likeness (QED) is 0.226. The van der Waals surface area contributed by atoms with E-state index in [2.05, 4.69) is 9.88 Å². The van der Waals surface area contributed by atoms with Crippen LogP contribution in [0.5, 0.6) is 5.75 Å². The number of benzene rings is 1. The molecular formula is C28H34Cl2N4O3S. The molecule has 0 atom stereocenters. The number of aryl methyl sites for hydroxylation is 1. The van der Waals surface area contributed by atoms with Crippen molar-refractivity contribution in [2.45, 2.75) is 19.4 Å². The second-order valence-corrected chi connectivity index (χ2v) is 9.89. The lowest BCUT2D eigenvalue weighted by Gasteiger charge is -2.26. The van der Waals surface area contributed by atoms with E-state index in [1.807, 2.05) is 78.3 Å². The molecule has 0 radical (unpaired) electrons. The summed E-state index contributed by atoms with van der Waals surface area (Å²) < 4.78 is 7.66. The molecule has 4 rings (SSSR count). The zero-order chi connectivity index (χ0) is 25.3. The first-order chi connectivity index (χ1) is 17.5. The van der Waals surface area contributed by atoms with Crippen molar-refractivity contribution in [2.24, 2.45) is 7.05 Å². The molecule has 0 spiro atoms. The predicted octanol–water partition coefficient (Wildman–Crippen LogP) is 4.81. The Morgan fingerprint density at radius 2 is 1.82 bits per heavy atom. The molecule has 0 saturated carbocycles. The van der Waals surface area contributed by atoms with Gasteiger partial charge in [-0.05, 0) is 59.8 Å². The van der Waals surface area contributed by atoms with Crippen LogP contribution in [0.4, 0.5) is 0 Å². The number of carbonyl (C=O) groups is 1. The molecule has 10 heteroatoms. The lowest BCUT2D eigenvalue weighted by Crippen LogP contribution is -2.37. The molecule has 0 fully saturated rings. The summed E-state index contributed by atoms with van der Waals surface area (Å²) in [6.07, 6.45) is 4.92. The number of hydrogen-bond acceptors (Lipinski definition) is 6. The molecule has 4 aromatic rings. The topological polar surface area (TPSA) is 67.7 Å². The molecule has 204 valence electrons. The van der Waals surface area contributed by atoms with Gasteiger partial charge in [-0.15, -0.1) is 36.2 Å².